The average molecular weight is 1460 g/mol. The van der Waals surface area contributed by atoms with Gasteiger partial charge in [0.1, 0.15) is 95.4 Å². The summed E-state index contributed by atoms with van der Waals surface area (Å²) >= 11 is 0. The van der Waals surface area contributed by atoms with Crippen molar-refractivity contribution in [3.63, 3.8) is 0 Å². The lowest BCUT2D eigenvalue weighted by Gasteiger charge is -2.32. The van der Waals surface area contributed by atoms with Gasteiger partial charge in [0.05, 0.1) is 73.4 Å². The molecular weight excluding hydrogens is 1380 g/mol. The molecule has 6 heterocycles. The minimum absolute atomic E-state index is 0.000331. The number of nitro groups is 1. The third-order valence-electron chi connectivity index (χ3n) is 17.7. The van der Waals surface area contributed by atoms with E-state index in [2.05, 4.69) is 37.2 Å². The molecule has 558 valence electrons. The highest BCUT2D eigenvalue weighted by molar-refractivity contribution is 5.99. The number of ether oxygens (including phenoxy) is 13. The first kappa shape index (κ1) is 75.2. The van der Waals surface area contributed by atoms with Crippen molar-refractivity contribution in [3.05, 3.63) is 170 Å². The Kier molecular flexibility index (Phi) is 22.7. The zero-order valence-electron chi connectivity index (χ0n) is 59.3. The van der Waals surface area contributed by atoms with Gasteiger partial charge in [-0.05, 0) is 139 Å². The van der Waals surface area contributed by atoms with Crippen molar-refractivity contribution in [2.75, 3.05) is 76.4 Å². The molecule has 6 aliphatic rings. The second kappa shape index (κ2) is 32.0. The number of hydrogen-bond acceptors (Lipinski definition) is 24. The number of fused-ring (bicyclic) bond motifs is 14. The summed E-state index contributed by atoms with van der Waals surface area (Å²) in [6, 6.07) is 12.4. The zero-order chi connectivity index (χ0) is 76.0. The quantitative estimate of drug-likeness (QED) is 0.0210. The van der Waals surface area contributed by atoms with Crippen LogP contribution in [-0.2, 0) is 47.7 Å². The third kappa shape index (κ3) is 16.0. The predicted molar refractivity (Wildman–Crippen MR) is 373 cm³/mol. The van der Waals surface area contributed by atoms with Crippen LogP contribution in [0, 0.1) is 17.0 Å². The first-order valence-corrected chi connectivity index (χ1v) is 33.0. The highest BCUT2D eigenvalue weighted by Gasteiger charge is 2.43. The maximum atomic E-state index is 16.4. The van der Waals surface area contributed by atoms with Crippen molar-refractivity contribution >= 4 is 47.2 Å². The molecule has 32 nitrogen and oxygen atoms in total. The third-order valence-corrected chi connectivity index (χ3v) is 17.7. The van der Waals surface area contributed by atoms with Crippen molar-refractivity contribution in [3.8, 4) is 80.1 Å². The van der Waals surface area contributed by atoms with Gasteiger partial charge >= 0.3 is 11.8 Å². The van der Waals surface area contributed by atoms with Gasteiger partial charge in [-0.1, -0.05) is 30.3 Å². The second-order valence-electron chi connectivity index (χ2n) is 25.6. The van der Waals surface area contributed by atoms with Gasteiger partial charge in [0, 0.05) is 35.9 Å². The number of rotatable bonds is 15. The van der Waals surface area contributed by atoms with Crippen molar-refractivity contribution in [1.82, 2.24) is 37.2 Å². The minimum Gasteiger partial charge on any atom is -0.497 e. The SMILES string of the molecule is COCCOCOC[C@H]1NC(=O)[C@H]2NC(=O)[C@H](NC(=O)[C@@H]3NC(=O)[C@H]4NC(=O)[C@H](NC(=O)[C@@H](NC(=O)OC(C)(C)C)c5ccc(OC)c(c5)Oc5cc4cc(OC)c5C)[C@H](O)c4ccc(c([N+](=O)[O-])c4)Oc4cc3cc(c4OC)Oc3ccc(cc3)[C@H]2O)c2ccc(OC)c(c2)-c2c(OC)cc(OC)cc21. The molecule has 106 heavy (non-hydrogen) atoms. The fourth-order valence-corrected chi connectivity index (χ4v) is 12.5. The number of alkyl carbamates (subject to hydrolysis) is 1. The van der Waals surface area contributed by atoms with E-state index in [1.165, 1.54) is 135 Å². The molecule has 0 aliphatic carbocycles. The van der Waals surface area contributed by atoms with Gasteiger partial charge in [0.2, 0.25) is 46.9 Å². The van der Waals surface area contributed by atoms with E-state index < -0.39 is 124 Å². The normalized spacial score (nSPS) is 20.6. The van der Waals surface area contributed by atoms with Crippen molar-refractivity contribution in [1.29, 1.82) is 0 Å². The maximum Gasteiger partial charge on any atom is 0.408 e. The smallest absolute Gasteiger partial charge is 0.408 e. The van der Waals surface area contributed by atoms with E-state index in [0.717, 1.165) is 18.2 Å². The Morgan fingerprint density at radius 3 is 1.72 bits per heavy atom. The van der Waals surface area contributed by atoms with Gasteiger partial charge in [0.25, 0.3) is 0 Å². The maximum absolute atomic E-state index is 16.4. The summed E-state index contributed by atoms with van der Waals surface area (Å²) in [6.45, 7) is 6.16. The molecule has 7 aromatic carbocycles. The Morgan fingerprint density at radius 2 is 1.08 bits per heavy atom. The molecule has 6 aliphatic heterocycles. The molecule has 0 spiro atoms. The first-order valence-electron chi connectivity index (χ1n) is 33.0. The van der Waals surface area contributed by atoms with Crippen molar-refractivity contribution < 1.29 is 110 Å². The Balaban J connectivity index is 1.16. The molecule has 13 rings (SSSR count). The monoisotopic (exact) mass is 1460 g/mol. The molecule has 0 unspecified atom stereocenters. The van der Waals surface area contributed by atoms with Crippen molar-refractivity contribution in [2.24, 2.45) is 0 Å². The highest BCUT2D eigenvalue weighted by Crippen LogP contribution is 2.49. The summed E-state index contributed by atoms with van der Waals surface area (Å²) in [5.74, 6) is -7.99. The van der Waals surface area contributed by atoms with E-state index >= 15 is 28.8 Å². The predicted octanol–water partition coefficient (Wildman–Crippen LogP) is 7.32. The summed E-state index contributed by atoms with van der Waals surface area (Å²) in [5, 5.41) is 57.5. The topological polar surface area (TPSA) is 407 Å². The van der Waals surface area contributed by atoms with E-state index in [1.54, 1.807) is 39.8 Å². The fourth-order valence-electron chi connectivity index (χ4n) is 12.5. The summed E-state index contributed by atoms with van der Waals surface area (Å²) in [5.41, 5.74) is -1.59. The Hall–Kier alpha value is -12.0. The molecule has 7 amide bonds. The number of hydrogen-bond donors (Lipinski definition) is 9. The number of amides is 7. The molecular formula is C74H78N8O24. The van der Waals surface area contributed by atoms with E-state index in [4.69, 9.17) is 61.6 Å². The number of nitro benzene ring substituents is 1. The first-order chi connectivity index (χ1) is 50.8. The number of nitrogens with one attached hydrogen (secondary N) is 7. The number of nitrogens with zero attached hydrogens (tertiary/aromatic N) is 1. The summed E-state index contributed by atoms with van der Waals surface area (Å²) in [7, 11) is 9.56. The lowest BCUT2D eigenvalue weighted by Crippen LogP contribution is -2.56. The van der Waals surface area contributed by atoms with Crippen molar-refractivity contribution in [2.45, 2.75) is 87.8 Å². The minimum atomic E-state index is -2.26. The van der Waals surface area contributed by atoms with Gasteiger partial charge in [0.15, 0.2) is 23.0 Å². The van der Waals surface area contributed by atoms with Crippen LogP contribution in [0.2, 0.25) is 0 Å². The van der Waals surface area contributed by atoms with Crippen LogP contribution < -0.4 is 79.8 Å². The summed E-state index contributed by atoms with van der Waals surface area (Å²) < 4.78 is 77.4. The van der Waals surface area contributed by atoms with Crippen LogP contribution in [0.15, 0.2) is 115 Å². The number of aliphatic hydroxyl groups is 2. The van der Waals surface area contributed by atoms with Crippen LogP contribution in [0.1, 0.15) is 108 Å². The van der Waals surface area contributed by atoms with E-state index in [9.17, 15) is 25.1 Å². The van der Waals surface area contributed by atoms with E-state index in [1.807, 2.05) is 0 Å². The van der Waals surface area contributed by atoms with Crippen LogP contribution >= 0.6 is 0 Å². The number of aliphatic hydroxyl groups excluding tert-OH is 2. The molecule has 0 aromatic heterocycles. The fraction of sp³-hybridized carbons (Fsp3) is 0.338. The van der Waals surface area contributed by atoms with Crippen LogP contribution in [-0.4, -0.2) is 151 Å². The van der Waals surface area contributed by atoms with Gasteiger partial charge < -0.3 is 109 Å². The lowest BCUT2D eigenvalue weighted by atomic mass is 9.89. The van der Waals surface area contributed by atoms with Gasteiger partial charge in [-0.2, -0.15) is 0 Å². The van der Waals surface area contributed by atoms with Crippen LogP contribution in [0.4, 0.5) is 10.5 Å². The molecule has 9 N–H and O–H groups in total. The molecule has 0 saturated heterocycles. The van der Waals surface area contributed by atoms with E-state index in [-0.39, 0.29) is 129 Å². The van der Waals surface area contributed by atoms with Crippen LogP contribution in [0.25, 0.3) is 11.1 Å². The number of carbonyl (C=O) groups excluding carboxylic acids is 7. The average Bonchev–Trinajstić information content (AvgIpc) is 0.765. The molecule has 0 radical (unpaired) electrons. The van der Waals surface area contributed by atoms with Crippen LogP contribution in [0.5, 0.6) is 69.0 Å². The standard InChI is InChI=1S/C74H78N8O24/c1-35-51(98-9)27-40-28-52(35)105-53-26-38(15-21-50(53)97-8)59(81-73(91)106-74(2,3)4)68(86)80-63-65(84)39-16-20-49(47(25-39)82(92)93)104-56-30-41-29-55(66(56)100-11)103-42-17-12-36(13-18-42)64(83)62-71(89)75-46(33-102-34-101-23-22-94-5)44-31-43(95-6)32-54(99-10)57(44)45-24-37(14-19-48(45)96-7)58(67(85)79-62)76-69(87)61(41)77-70(88)60(40)78-72(63)90/h12-21,24-32,46,58-65,83-84H,22-23,33-34H2,1-11H3,(H,75,89)(H,76,87)(H,77,88)(H,78,90)(H,79,85)(H,80,86)(H,81,91)/t46-,58-,59+,60+,61-,62+,63-,64-,65-/m1/s1. The van der Waals surface area contributed by atoms with Gasteiger partial charge in [-0.25, -0.2) is 4.79 Å². The largest absolute Gasteiger partial charge is 0.497 e. The highest BCUT2D eigenvalue weighted by atomic mass is 16.7. The second-order valence-corrected chi connectivity index (χ2v) is 25.6. The van der Waals surface area contributed by atoms with E-state index in [0.29, 0.717) is 11.1 Å². The molecule has 9 atom stereocenters. The lowest BCUT2D eigenvalue weighted by molar-refractivity contribution is -0.385. The summed E-state index contributed by atoms with van der Waals surface area (Å²) in [6.07, 6.45) is -5.27. The Morgan fingerprint density at radius 1 is 0.519 bits per heavy atom. The molecule has 0 saturated carbocycles. The molecule has 7 aromatic rings. The summed E-state index contributed by atoms with van der Waals surface area (Å²) in [4.78, 5) is 121. The molecule has 17 bridgehead atoms. The number of methoxy groups -OCH3 is 7. The molecule has 0 fully saturated rings. The number of carbonyl (C=O) groups is 7. The van der Waals surface area contributed by atoms with Gasteiger partial charge in [-0.3, -0.25) is 38.9 Å². The molecule has 32 heteroatoms. The van der Waals surface area contributed by atoms with Gasteiger partial charge in [-0.15, -0.1) is 0 Å². The Bertz CT molecular complexity index is 4570. The number of benzene rings is 7. The Labute approximate surface area is 606 Å². The van der Waals surface area contributed by atoms with Crippen LogP contribution in [0.3, 0.4) is 0 Å². The zero-order valence-corrected chi connectivity index (χ0v) is 59.3.